The van der Waals surface area contributed by atoms with Crippen molar-refractivity contribution >= 4 is 0 Å². The summed E-state index contributed by atoms with van der Waals surface area (Å²) in [5.41, 5.74) is 6.75. The van der Waals surface area contributed by atoms with Gasteiger partial charge in [0.05, 0.1) is 11.7 Å². The molecule has 0 saturated carbocycles. The monoisotopic (exact) mass is 237 g/mol. The Morgan fingerprint density at radius 2 is 2.29 bits per heavy atom. The first kappa shape index (κ1) is 12.6. The minimum Gasteiger partial charge on any atom is -0.447 e. The minimum atomic E-state index is 0.137. The standard InChI is InChI=1S/C13H23N3O/c1-9(2)16-6-4-5-12(16)13-15-11(8-17-13)7-10(3)14/h8-10,12H,4-7,14H2,1-3H3. The first-order chi connectivity index (χ1) is 8.08. The fraction of sp³-hybridized carbons (Fsp3) is 0.769. The minimum absolute atomic E-state index is 0.137. The number of rotatable bonds is 4. The Hall–Kier alpha value is -0.870. The van der Waals surface area contributed by atoms with Crippen LogP contribution in [0.2, 0.25) is 0 Å². The molecule has 1 aromatic heterocycles. The SMILES string of the molecule is CC(N)Cc1coc(C2CCCN2C(C)C)n1. The molecule has 2 unspecified atom stereocenters. The Morgan fingerprint density at radius 1 is 1.53 bits per heavy atom. The highest BCUT2D eigenvalue weighted by Crippen LogP contribution is 2.32. The second-order valence-corrected chi connectivity index (χ2v) is 5.35. The number of aromatic nitrogens is 1. The van der Waals surface area contributed by atoms with Crippen molar-refractivity contribution in [3.63, 3.8) is 0 Å². The molecular weight excluding hydrogens is 214 g/mol. The first-order valence-electron chi connectivity index (χ1n) is 6.53. The molecule has 1 fully saturated rings. The topological polar surface area (TPSA) is 55.3 Å². The average Bonchev–Trinajstić information content (AvgIpc) is 2.82. The third-order valence-electron chi connectivity index (χ3n) is 3.34. The maximum Gasteiger partial charge on any atom is 0.211 e. The summed E-state index contributed by atoms with van der Waals surface area (Å²) in [5.74, 6) is 0.867. The number of hydrogen-bond donors (Lipinski definition) is 1. The van der Waals surface area contributed by atoms with E-state index in [1.54, 1.807) is 6.26 Å². The molecular formula is C13H23N3O. The van der Waals surface area contributed by atoms with Crippen LogP contribution in [0.15, 0.2) is 10.7 Å². The van der Waals surface area contributed by atoms with E-state index in [2.05, 4.69) is 23.7 Å². The molecule has 0 spiro atoms. The average molecular weight is 237 g/mol. The molecule has 2 heterocycles. The van der Waals surface area contributed by atoms with E-state index in [0.29, 0.717) is 12.1 Å². The van der Waals surface area contributed by atoms with E-state index >= 15 is 0 Å². The third kappa shape index (κ3) is 2.87. The maximum atomic E-state index is 5.77. The Morgan fingerprint density at radius 3 is 2.94 bits per heavy atom. The van der Waals surface area contributed by atoms with E-state index in [1.165, 1.54) is 6.42 Å². The molecule has 4 nitrogen and oxygen atoms in total. The van der Waals surface area contributed by atoms with Crippen LogP contribution >= 0.6 is 0 Å². The quantitative estimate of drug-likeness (QED) is 0.871. The fourth-order valence-electron chi connectivity index (χ4n) is 2.57. The largest absolute Gasteiger partial charge is 0.447 e. The molecule has 1 aromatic rings. The summed E-state index contributed by atoms with van der Waals surface area (Å²) >= 11 is 0. The molecule has 96 valence electrons. The molecule has 0 aliphatic carbocycles. The van der Waals surface area contributed by atoms with E-state index in [0.717, 1.165) is 31.0 Å². The van der Waals surface area contributed by atoms with E-state index in [1.807, 2.05) is 6.92 Å². The van der Waals surface area contributed by atoms with Crippen LogP contribution in [-0.2, 0) is 6.42 Å². The number of likely N-dealkylation sites (tertiary alicyclic amines) is 1. The van der Waals surface area contributed by atoms with Crippen LogP contribution in [0.3, 0.4) is 0 Å². The van der Waals surface area contributed by atoms with Crippen LogP contribution in [-0.4, -0.2) is 28.5 Å². The van der Waals surface area contributed by atoms with Crippen molar-refractivity contribution in [2.45, 2.75) is 58.2 Å². The zero-order chi connectivity index (χ0) is 12.4. The van der Waals surface area contributed by atoms with Crippen LogP contribution in [0.1, 0.15) is 51.2 Å². The van der Waals surface area contributed by atoms with Crippen molar-refractivity contribution in [2.75, 3.05) is 6.54 Å². The van der Waals surface area contributed by atoms with Gasteiger partial charge in [-0.2, -0.15) is 0 Å². The molecule has 17 heavy (non-hydrogen) atoms. The van der Waals surface area contributed by atoms with E-state index in [9.17, 15) is 0 Å². The lowest BCUT2D eigenvalue weighted by Crippen LogP contribution is -2.30. The predicted octanol–water partition coefficient (Wildman–Crippen LogP) is 2.11. The first-order valence-corrected chi connectivity index (χ1v) is 6.53. The number of nitrogens with zero attached hydrogens (tertiary/aromatic N) is 2. The molecule has 1 saturated heterocycles. The number of hydrogen-bond acceptors (Lipinski definition) is 4. The highest BCUT2D eigenvalue weighted by molar-refractivity contribution is 5.04. The van der Waals surface area contributed by atoms with Crippen molar-refractivity contribution in [3.8, 4) is 0 Å². The van der Waals surface area contributed by atoms with Crippen molar-refractivity contribution < 1.29 is 4.42 Å². The van der Waals surface area contributed by atoms with Gasteiger partial charge in [-0.05, 0) is 40.2 Å². The van der Waals surface area contributed by atoms with Gasteiger partial charge in [-0.3, -0.25) is 4.90 Å². The lowest BCUT2D eigenvalue weighted by molar-refractivity contribution is 0.179. The van der Waals surface area contributed by atoms with Gasteiger partial charge in [-0.15, -0.1) is 0 Å². The molecule has 0 bridgehead atoms. The van der Waals surface area contributed by atoms with Gasteiger partial charge in [0, 0.05) is 18.5 Å². The fourth-order valence-corrected chi connectivity index (χ4v) is 2.57. The zero-order valence-corrected chi connectivity index (χ0v) is 11.0. The van der Waals surface area contributed by atoms with Crippen LogP contribution in [0.5, 0.6) is 0 Å². The number of nitrogens with two attached hydrogens (primary N) is 1. The molecule has 2 rings (SSSR count). The molecule has 0 aromatic carbocycles. The summed E-state index contributed by atoms with van der Waals surface area (Å²) < 4.78 is 5.62. The van der Waals surface area contributed by atoms with Gasteiger partial charge in [-0.1, -0.05) is 0 Å². The molecule has 0 radical (unpaired) electrons. The zero-order valence-electron chi connectivity index (χ0n) is 11.0. The van der Waals surface area contributed by atoms with Gasteiger partial charge >= 0.3 is 0 Å². The van der Waals surface area contributed by atoms with Gasteiger partial charge in [0.15, 0.2) is 0 Å². The highest BCUT2D eigenvalue weighted by Gasteiger charge is 2.31. The van der Waals surface area contributed by atoms with E-state index < -0.39 is 0 Å². The van der Waals surface area contributed by atoms with Gasteiger partial charge in [0.2, 0.25) is 5.89 Å². The third-order valence-corrected chi connectivity index (χ3v) is 3.34. The Balaban J connectivity index is 2.08. The van der Waals surface area contributed by atoms with Crippen molar-refractivity contribution in [2.24, 2.45) is 5.73 Å². The lowest BCUT2D eigenvalue weighted by atomic mass is 10.2. The summed E-state index contributed by atoms with van der Waals surface area (Å²) in [6.07, 6.45) is 4.93. The normalized spacial score (nSPS) is 23.5. The van der Waals surface area contributed by atoms with Crippen LogP contribution in [0, 0.1) is 0 Å². The highest BCUT2D eigenvalue weighted by atomic mass is 16.3. The van der Waals surface area contributed by atoms with Crippen molar-refractivity contribution in [1.29, 1.82) is 0 Å². The van der Waals surface area contributed by atoms with Gasteiger partial charge in [0.1, 0.15) is 6.26 Å². The Kier molecular flexibility index (Phi) is 3.84. The summed E-state index contributed by atoms with van der Waals surface area (Å²) in [5, 5.41) is 0. The molecule has 2 atom stereocenters. The molecule has 4 heteroatoms. The van der Waals surface area contributed by atoms with Crippen LogP contribution in [0.25, 0.3) is 0 Å². The van der Waals surface area contributed by atoms with Crippen molar-refractivity contribution in [3.05, 3.63) is 17.8 Å². The molecule has 1 aliphatic rings. The summed E-state index contributed by atoms with van der Waals surface area (Å²) in [6.45, 7) is 7.59. The van der Waals surface area contributed by atoms with Crippen LogP contribution < -0.4 is 5.73 Å². The molecule has 0 amide bonds. The van der Waals surface area contributed by atoms with E-state index in [-0.39, 0.29) is 6.04 Å². The Bertz CT molecular complexity index is 359. The second kappa shape index (κ2) is 5.19. The predicted molar refractivity (Wildman–Crippen MR) is 67.7 cm³/mol. The van der Waals surface area contributed by atoms with Crippen LogP contribution in [0.4, 0.5) is 0 Å². The molecule has 2 N–H and O–H groups in total. The summed E-state index contributed by atoms with van der Waals surface area (Å²) in [4.78, 5) is 7.04. The number of oxazole rings is 1. The summed E-state index contributed by atoms with van der Waals surface area (Å²) in [7, 11) is 0. The molecule has 1 aliphatic heterocycles. The summed E-state index contributed by atoms with van der Waals surface area (Å²) in [6, 6.07) is 1.04. The Labute approximate surface area is 103 Å². The lowest BCUT2D eigenvalue weighted by Gasteiger charge is -2.25. The van der Waals surface area contributed by atoms with Gasteiger partial charge < -0.3 is 10.2 Å². The van der Waals surface area contributed by atoms with Crippen molar-refractivity contribution in [1.82, 2.24) is 9.88 Å². The van der Waals surface area contributed by atoms with Gasteiger partial charge in [-0.25, -0.2) is 4.98 Å². The second-order valence-electron chi connectivity index (χ2n) is 5.35. The maximum absolute atomic E-state index is 5.77. The van der Waals surface area contributed by atoms with Gasteiger partial charge in [0.25, 0.3) is 0 Å². The smallest absolute Gasteiger partial charge is 0.211 e. The van der Waals surface area contributed by atoms with E-state index in [4.69, 9.17) is 10.2 Å².